The fraction of sp³-hybridized carbons (Fsp3) is 0.889. The summed E-state index contributed by atoms with van der Waals surface area (Å²) in [5.41, 5.74) is 17.8. The third kappa shape index (κ3) is 34.7. The van der Waals surface area contributed by atoms with Crippen LogP contribution >= 0.6 is 0 Å². The van der Waals surface area contributed by atoms with E-state index in [1.165, 1.54) is 116 Å². The summed E-state index contributed by atoms with van der Waals surface area (Å²) in [5.74, 6) is 0.0592. The minimum atomic E-state index is -0.756. The Morgan fingerprint density at radius 3 is 1.30 bits per heavy atom. The quantitative estimate of drug-likeness (QED) is 0.0497. The van der Waals surface area contributed by atoms with Gasteiger partial charge >= 0.3 is 0 Å². The van der Waals surface area contributed by atoms with E-state index in [1.54, 1.807) is 0 Å². The van der Waals surface area contributed by atoms with Crippen molar-refractivity contribution in [3.8, 4) is 0 Å². The second-order valence-corrected chi connectivity index (χ2v) is 12.9. The van der Waals surface area contributed by atoms with Gasteiger partial charge in [0.15, 0.2) is 0 Å². The van der Waals surface area contributed by atoms with Crippen LogP contribution in [-0.2, 0) is 9.59 Å². The van der Waals surface area contributed by atoms with Gasteiger partial charge in [-0.25, -0.2) is 0 Å². The van der Waals surface area contributed by atoms with Gasteiger partial charge in [0.05, 0.1) is 11.9 Å². The predicted octanol–water partition coefficient (Wildman–Crippen LogP) is -1.98. The van der Waals surface area contributed by atoms with E-state index in [0.717, 1.165) is 38.8 Å². The number of nitrogens with two attached hydrogens (primary N) is 3. The Balaban J connectivity index is -0.00000308. The van der Waals surface area contributed by atoms with Crippen LogP contribution in [0.1, 0.15) is 168 Å². The molecule has 2 amide bonds. The molecule has 0 radical (unpaired) electrons. The molecule has 11 heteroatoms. The highest BCUT2D eigenvalue weighted by molar-refractivity contribution is 5.84. The highest BCUT2D eigenvalue weighted by Gasteiger charge is 2.22. The van der Waals surface area contributed by atoms with Gasteiger partial charge in [-0.15, -0.1) is 0 Å². The number of carbonyl (C=O) groups excluding carboxylic acids is 2. The van der Waals surface area contributed by atoms with Gasteiger partial charge in [0.25, 0.3) is 0 Å². The summed E-state index contributed by atoms with van der Waals surface area (Å²) in [5, 5.41) is 5.72. The number of unbranched alkanes of at least 4 members (excludes halogenated alkanes) is 20. The van der Waals surface area contributed by atoms with Crippen molar-refractivity contribution in [2.45, 2.75) is 180 Å². The Kier molecular flexibility index (Phi) is 44.4. The van der Waals surface area contributed by atoms with E-state index < -0.39 is 12.1 Å². The van der Waals surface area contributed by atoms with E-state index in [9.17, 15) is 9.59 Å². The third-order valence-electron chi connectivity index (χ3n) is 8.57. The molecular formula is C36H74Cl3N6O2-3. The topological polar surface area (TPSA) is 140 Å². The molecule has 0 aromatic rings. The molecule has 8 nitrogen and oxygen atoms in total. The molecule has 0 spiro atoms. The maximum absolute atomic E-state index is 13.3. The zero-order chi connectivity index (χ0) is 32.7. The van der Waals surface area contributed by atoms with Crippen molar-refractivity contribution in [3.05, 3.63) is 12.4 Å². The van der Waals surface area contributed by atoms with Crippen LogP contribution in [0.2, 0.25) is 0 Å². The highest BCUT2D eigenvalue weighted by atomic mass is 35.5. The average molecular weight is 729 g/mol. The minimum Gasteiger partial charge on any atom is -1.00 e. The summed E-state index contributed by atoms with van der Waals surface area (Å²) >= 11 is 0. The smallest absolute Gasteiger partial charge is 0.241 e. The zero-order valence-corrected chi connectivity index (χ0v) is 32.6. The Hall–Kier alpha value is -0.930. The average Bonchev–Trinajstić information content (AvgIpc) is 3.01. The standard InChI is InChI=1S/C36H74N6O2.3ClH/c1-4-6-8-10-12-14-16-17-19-21-23-25-30-42(29-24-22-20-18-15-13-11-9-7-5-2)36(44)34(39)31-41-35(43)33(38)27-26-28-40-32(3)37;;;/h33-34,40H,3-31,37-39H2,1-2H3,(H,41,43);3*1H/p-3. The number of nitrogens with zero attached hydrogens (tertiary/aromatic N) is 1. The maximum atomic E-state index is 13.3. The zero-order valence-electron chi connectivity index (χ0n) is 30.3. The number of carbonyl (C=O) groups is 2. The number of halogens is 3. The van der Waals surface area contributed by atoms with Crippen molar-refractivity contribution < 1.29 is 46.8 Å². The van der Waals surface area contributed by atoms with Crippen molar-refractivity contribution in [2.75, 3.05) is 26.2 Å². The molecule has 0 aliphatic rings. The van der Waals surface area contributed by atoms with Gasteiger partial charge in [0, 0.05) is 26.2 Å². The van der Waals surface area contributed by atoms with Crippen LogP contribution < -0.4 is 65.1 Å². The highest BCUT2D eigenvalue weighted by Crippen LogP contribution is 2.14. The number of amides is 2. The van der Waals surface area contributed by atoms with E-state index >= 15 is 0 Å². The number of hydrogen-bond donors (Lipinski definition) is 5. The summed E-state index contributed by atoms with van der Waals surface area (Å²) in [6.45, 7) is 10.3. The third-order valence-corrected chi connectivity index (χ3v) is 8.57. The summed E-state index contributed by atoms with van der Waals surface area (Å²) in [4.78, 5) is 27.7. The molecule has 0 fully saturated rings. The first kappa shape index (κ1) is 52.9. The lowest BCUT2D eigenvalue weighted by atomic mass is 10.0. The molecule has 8 N–H and O–H groups in total. The van der Waals surface area contributed by atoms with E-state index in [4.69, 9.17) is 17.2 Å². The number of rotatable bonds is 33. The largest absolute Gasteiger partial charge is 1.00 e. The Bertz CT molecular complexity index is 706. The van der Waals surface area contributed by atoms with Crippen molar-refractivity contribution in [2.24, 2.45) is 17.2 Å². The molecule has 0 rings (SSSR count). The molecule has 0 bridgehead atoms. The van der Waals surface area contributed by atoms with Crippen molar-refractivity contribution in [1.82, 2.24) is 15.5 Å². The second kappa shape index (κ2) is 39.5. The molecule has 0 saturated heterocycles. The first-order valence-corrected chi connectivity index (χ1v) is 18.6. The minimum absolute atomic E-state index is 0. The molecule has 284 valence electrons. The van der Waals surface area contributed by atoms with Crippen LogP contribution in [0.15, 0.2) is 12.4 Å². The van der Waals surface area contributed by atoms with Gasteiger partial charge < -0.3 is 70.0 Å². The summed E-state index contributed by atoms with van der Waals surface area (Å²) in [6, 6.07) is -1.40. The number of nitrogens with one attached hydrogen (secondary N) is 2. The SMILES string of the molecule is C=C(N)NCCCC(N)C(=O)NCC(N)C(=O)N(CCCCCCCCCCCC)CCCCCCCCCCCCCC.[Cl-].[Cl-].[Cl-]. The van der Waals surface area contributed by atoms with E-state index in [2.05, 4.69) is 31.1 Å². The fourth-order valence-electron chi connectivity index (χ4n) is 5.63. The molecule has 2 atom stereocenters. The summed E-state index contributed by atoms with van der Waals surface area (Å²) in [6.07, 6.45) is 29.4. The first-order valence-electron chi connectivity index (χ1n) is 18.6. The number of hydrogen-bond acceptors (Lipinski definition) is 6. The van der Waals surface area contributed by atoms with Crippen LogP contribution in [0.4, 0.5) is 0 Å². The van der Waals surface area contributed by atoms with Crippen LogP contribution in [-0.4, -0.2) is 55.0 Å². The second-order valence-electron chi connectivity index (χ2n) is 12.9. The normalized spacial score (nSPS) is 11.7. The lowest BCUT2D eigenvalue weighted by Crippen LogP contribution is -3.00. The van der Waals surface area contributed by atoms with Crippen molar-refractivity contribution in [1.29, 1.82) is 0 Å². The summed E-state index contributed by atoms with van der Waals surface area (Å²) in [7, 11) is 0. The molecule has 2 unspecified atom stereocenters. The first-order chi connectivity index (χ1) is 21.3. The van der Waals surface area contributed by atoms with Gasteiger partial charge in [-0.2, -0.15) is 0 Å². The molecule has 0 saturated carbocycles. The monoisotopic (exact) mass is 727 g/mol. The van der Waals surface area contributed by atoms with Crippen molar-refractivity contribution in [3.63, 3.8) is 0 Å². The molecule has 0 aromatic heterocycles. The van der Waals surface area contributed by atoms with Gasteiger partial charge in [-0.3, -0.25) is 9.59 Å². The lowest BCUT2D eigenvalue weighted by Gasteiger charge is -2.26. The Morgan fingerprint density at radius 1 is 0.574 bits per heavy atom. The van der Waals surface area contributed by atoms with E-state index in [-0.39, 0.29) is 55.6 Å². The van der Waals surface area contributed by atoms with E-state index in [0.29, 0.717) is 25.2 Å². The molecule has 47 heavy (non-hydrogen) atoms. The molecular weight excluding hydrogens is 655 g/mol. The fourth-order valence-corrected chi connectivity index (χ4v) is 5.63. The Morgan fingerprint density at radius 2 is 0.936 bits per heavy atom. The maximum Gasteiger partial charge on any atom is 0.241 e. The van der Waals surface area contributed by atoms with Crippen LogP contribution in [0.25, 0.3) is 0 Å². The predicted molar refractivity (Wildman–Crippen MR) is 189 cm³/mol. The van der Waals surface area contributed by atoms with Crippen LogP contribution in [0.3, 0.4) is 0 Å². The van der Waals surface area contributed by atoms with Crippen LogP contribution in [0.5, 0.6) is 0 Å². The van der Waals surface area contributed by atoms with Gasteiger partial charge in [-0.1, -0.05) is 149 Å². The molecule has 0 aromatic carbocycles. The van der Waals surface area contributed by atoms with Gasteiger partial charge in [0.1, 0.15) is 6.04 Å². The van der Waals surface area contributed by atoms with Gasteiger partial charge in [0.2, 0.25) is 11.8 Å². The summed E-state index contributed by atoms with van der Waals surface area (Å²) < 4.78 is 0. The molecule has 0 aliphatic heterocycles. The molecule has 0 aliphatic carbocycles. The lowest BCUT2D eigenvalue weighted by molar-refractivity contribution is -0.133. The van der Waals surface area contributed by atoms with Gasteiger partial charge in [-0.05, 0) is 25.7 Å². The Labute approximate surface area is 308 Å². The van der Waals surface area contributed by atoms with E-state index in [1.807, 2.05) is 4.90 Å². The van der Waals surface area contributed by atoms with Crippen LogP contribution in [0, 0.1) is 0 Å². The van der Waals surface area contributed by atoms with Crippen molar-refractivity contribution >= 4 is 11.8 Å². The molecule has 0 heterocycles.